The number of nitrogens with one attached hydrogen (secondary N) is 1. The molecule has 1 rings (SSSR count). The number of alkyl halides is 2. The number of halogens is 2. The highest BCUT2D eigenvalue weighted by Crippen LogP contribution is 2.05. The number of aromatic nitrogens is 1. The first kappa shape index (κ1) is 16.0. The molecule has 1 heterocycles. The Morgan fingerprint density at radius 2 is 2.26 bits per heavy atom. The van der Waals surface area contributed by atoms with E-state index in [4.69, 9.17) is 4.74 Å². The van der Waals surface area contributed by atoms with Gasteiger partial charge in [0.1, 0.15) is 6.61 Å². The summed E-state index contributed by atoms with van der Waals surface area (Å²) in [5, 5.41) is 3.41. The van der Waals surface area contributed by atoms with Crippen molar-refractivity contribution in [3.63, 3.8) is 0 Å². The largest absolute Gasteiger partial charge is 0.375 e. The fourth-order valence-corrected chi connectivity index (χ4v) is 1.83. The summed E-state index contributed by atoms with van der Waals surface area (Å²) < 4.78 is 28.9. The highest BCUT2D eigenvalue weighted by molar-refractivity contribution is 5.10. The maximum absolute atomic E-state index is 12.0. The van der Waals surface area contributed by atoms with Gasteiger partial charge in [-0.15, -0.1) is 0 Å². The Kier molecular flexibility index (Phi) is 8.25. The zero-order chi connectivity index (χ0) is 13.9. The minimum atomic E-state index is -2.39. The number of ether oxygens (including phenoxy) is 1. The van der Waals surface area contributed by atoms with Crippen LogP contribution in [0.4, 0.5) is 8.78 Å². The molecule has 1 atom stereocenters. The molecule has 3 nitrogen and oxygen atoms in total. The Morgan fingerprint density at radius 3 is 2.89 bits per heavy atom. The fourth-order valence-electron chi connectivity index (χ4n) is 1.83. The summed E-state index contributed by atoms with van der Waals surface area (Å²) in [5.41, 5.74) is 1.14. The summed E-state index contributed by atoms with van der Waals surface area (Å²) in [4.78, 5) is 4.08. The van der Waals surface area contributed by atoms with Crippen molar-refractivity contribution in [1.82, 2.24) is 10.3 Å². The van der Waals surface area contributed by atoms with Gasteiger partial charge in [0, 0.05) is 25.0 Å². The van der Waals surface area contributed by atoms with E-state index in [1.54, 1.807) is 6.20 Å². The van der Waals surface area contributed by atoms with Gasteiger partial charge in [-0.05, 0) is 37.4 Å². The normalized spacial score (nSPS) is 12.8. The lowest BCUT2D eigenvalue weighted by molar-refractivity contribution is 0.0144. The summed E-state index contributed by atoms with van der Waals surface area (Å²) >= 11 is 0. The summed E-state index contributed by atoms with van der Waals surface area (Å²) in [6.45, 7) is 2.89. The van der Waals surface area contributed by atoms with E-state index in [9.17, 15) is 8.78 Å². The third kappa shape index (κ3) is 7.85. The van der Waals surface area contributed by atoms with Crippen molar-refractivity contribution in [3.8, 4) is 0 Å². The van der Waals surface area contributed by atoms with Gasteiger partial charge in [-0.25, -0.2) is 8.78 Å². The zero-order valence-electron chi connectivity index (χ0n) is 11.3. The molecule has 0 aliphatic heterocycles. The second-order valence-corrected chi connectivity index (χ2v) is 4.47. The van der Waals surface area contributed by atoms with Crippen LogP contribution in [-0.2, 0) is 11.2 Å². The van der Waals surface area contributed by atoms with E-state index in [1.807, 2.05) is 18.3 Å². The van der Waals surface area contributed by atoms with E-state index in [2.05, 4.69) is 17.2 Å². The second kappa shape index (κ2) is 9.81. The molecule has 0 radical (unpaired) electrons. The summed E-state index contributed by atoms with van der Waals surface area (Å²) in [7, 11) is 0. The van der Waals surface area contributed by atoms with Crippen molar-refractivity contribution in [1.29, 1.82) is 0 Å². The maximum atomic E-state index is 12.0. The predicted octanol–water partition coefficient (Wildman–Crippen LogP) is 2.66. The molecule has 0 amide bonds. The van der Waals surface area contributed by atoms with Crippen LogP contribution in [0, 0.1) is 0 Å². The highest BCUT2D eigenvalue weighted by Gasteiger charge is 2.10. The van der Waals surface area contributed by atoms with E-state index < -0.39 is 13.0 Å². The molecule has 0 aromatic carbocycles. The molecule has 108 valence electrons. The fraction of sp³-hybridized carbons (Fsp3) is 0.643. The van der Waals surface area contributed by atoms with Gasteiger partial charge in [0.2, 0.25) is 0 Å². The Hall–Kier alpha value is -1.07. The van der Waals surface area contributed by atoms with E-state index in [1.165, 1.54) is 0 Å². The molecule has 5 heteroatoms. The van der Waals surface area contributed by atoms with Crippen LogP contribution in [0.25, 0.3) is 0 Å². The molecule has 0 spiro atoms. The van der Waals surface area contributed by atoms with Gasteiger partial charge in [0.25, 0.3) is 6.43 Å². The molecule has 0 aliphatic carbocycles. The second-order valence-electron chi connectivity index (χ2n) is 4.47. The number of rotatable bonds is 10. The molecule has 1 N–H and O–H groups in total. The third-order valence-electron chi connectivity index (χ3n) is 2.74. The van der Waals surface area contributed by atoms with Crippen LogP contribution in [-0.4, -0.2) is 37.2 Å². The van der Waals surface area contributed by atoms with Crippen LogP contribution in [0.15, 0.2) is 24.5 Å². The van der Waals surface area contributed by atoms with Gasteiger partial charge in [0.15, 0.2) is 0 Å². The van der Waals surface area contributed by atoms with E-state index in [0.29, 0.717) is 6.61 Å². The van der Waals surface area contributed by atoms with Gasteiger partial charge in [-0.2, -0.15) is 0 Å². The van der Waals surface area contributed by atoms with E-state index in [-0.39, 0.29) is 6.04 Å². The first-order chi connectivity index (χ1) is 9.22. The monoisotopic (exact) mass is 272 g/mol. The predicted molar refractivity (Wildman–Crippen MR) is 71.5 cm³/mol. The molecule has 19 heavy (non-hydrogen) atoms. The molecular weight excluding hydrogens is 250 g/mol. The lowest BCUT2D eigenvalue weighted by Crippen LogP contribution is -2.33. The van der Waals surface area contributed by atoms with Crippen LogP contribution in [0.2, 0.25) is 0 Å². The molecule has 0 aliphatic rings. The standard InChI is InChI=1S/C14H22F2N2O/c1-2-6-18-13(5-8-19-11-14(15)16)9-12-4-3-7-17-10-12/h3-4,7,10,13-14,18H,2,5-6,8-9,11H2,1H3. The van der Waals surface area contributed by atoms with Gasteiger partial charge in [0.05, 0.1) is 0 Å². The molecule has 0 saturated heterocycles. The average molecular weight is 272 g/mol. The minimum absolute atomic E-state index is 0.238. The third-order valence-corrected chi connectivity index (χ3v) is 2.74. The van der Waals surface area contributed by atoms with Gasteiger partial charge in [-0.1, -0.05) is 13.0 Å². The van der Waals surface area contributed by atoms with Crippen LogP contribution < -0.4 is 5.32 Å². The van der Waals surface area contributed by atoms with Crippen molar-refractivity contribution in [2.75, 3.05) is 19.8 Å². The molecule has 1 unspecified atom stereocenters. The average Bonchev–Trinajstić information content (AvgIpc) is 2.41. The van der Waals surface area contributed by atoms with Gasteiger partial charge >= 0.3 is 0 Å². The number of nitrogens with zero attached hydrogens (tertiary/aromatic N) is 1. The van der Waals surface area contributed by atoms with Crippen molar-refractivity contribution in [2.24, 2.45) is 0 Å². The highest BCUT2D eigenvalue weighted by atomic mass is 19.3. The molecule has 1 aromatic rings. The molecular formula is C14H22F2N2O. The maximum Gasteiger partial charge on any atom is 0.261 e. The minimum Gasteiger partial charge on any atom is -0.375 e. The Morgan fingerprint density at radius 1 is 1.42 bits per heavy atom. The van der Waals surface area contributed by atoms with Gasteiger partial charge in [-0.3, -0.25) is 4.98 Å². The first-order valence-electron chi connectivity index (χ1n) is 6.70. The van der Waals surface area contributed by atoms with Crippen LogP contribution in [0.1, 0.15) is 25.3 Å². The van der Waals surface area contributed by atoms with Crippen molar-refractivity contribution < 1.29 is 13.5 Å². The Labute approximate surface area is 113 Å². The van der Waals surface area contributed by atoms with Crippen molar-refractivity contribution in [2.45, 2.75) is 38.7 Å². The lowest BCUT2D eigenvalue weighted by atomic mass is 10.1. The topological polar surface area (TPSA) is 34.1 Å². The summed E-state index contributed by atoms with van der Waals surface area (Å²) in [6.07, 6.45) is 3.79. The molecule has 0 bridgehead atoms. The Balaban J connectivity index is 2.34. The quantitative estimate of drug-likeness (QED) is 0.665. The van der Waals surface area contributed by atoms with Gasteiger partial charge < -0.3 is 10.1 Å². The smallest absolute Gasteiger partial charge is 0.261 e. The Bertz CT molecular complexity index is 322. The first-order valence-corrected chi connectivity index (χ1v) is 6.70. The van der Waals surface area contributed by atoms with Crippen LogP contribution in [0.3, 0.4) is 0 Å². The van der Waals surface area contributed by atoms with Crippen LogP contribution >= 0.6 is 0 Å². The summed E-state index contributed by atoms with van der Waals surface area (Å²) in [6, 6.07) is 4.16. The van der Waals surface area contributed by atoms with E-state index in [0.717, 1.165) is 31.4 Å². The van der Waals surface area contributed by atoms with Crippen LogP contribution in [0.5, 0.6) is 0 Å². The number of pyridine rings is 1. The molecule has 0 saturated carbocycles. The zero-order valence-corrected chi connectivity index (χ0v) is 11.3. The van der Waals surface area contributed by atoms with E-state index >= 15 is 0 Å². The SMILES string of the molecule is CCCNC(CCOCC(F)F)Cc1cccnc1. The summed E-state index contributed by atoms with van der Waals surface area (Å²) in [5.74, 6) is 0. The number of hydrogen-bond acceptors (Lipinski definition) is 3. The van der Waals surface area contributed by atoms with Crippen molar-refractivity contribution >= 4 is 0 Å². The number of hydrogen-bond donors (Lipinski definition) is 1. The van der Waals surface area contributed by atoms with Crippen molar-refractivity contribution in [3.05, 3.63) is 30.1 Å². The molecule has 0 fully saturated rings. The lowest BCUT2D eigenvalue weighted by Gasteiger charge is -2.18. The molecule has 1 aromatic heterocycles.